The topological polar surface area (TPSA) is 61.7 Å². The zero-order valence-electron chi connectivity index (χ0n) is 17.4. The van der Waals surface area contributed by atoms with E-state index in [0.717, 1.165) is 43.0 Å². The van der Waals surface area contributed by atoms with Crippen molar-refractivity contribution in [2.75, 3.05) is 47.3 Å². The molecule has 7 nitrogen and oxygen atoms in total. The predicted octanol–water partition coefficient (Wildman–Crippen LogP) is 0.288. The monoisotopic (exact) mass is 375 g/mol. The van der Waals surface area contributed by atoms with Crippen molar-refractivity contribution in [1.29, 1.82) is 0 Å². The molecular weight excluding hydrogens is 342 g/mol. The Morgan fingerprint density at radius 1 is 1.11 bits per heavy atom. The molecule has 0 saturated carbocycles. The quantitative estimate of drug-likeness (QED) is 0.744. The minimum absolute atomic E-state index is 0.0369. The van der Waals surface area contributed by atoms with E-state index in [2.05, 4.69) is 35.9 Å². The van der Waals surface area contributed by atoms with Crippen LogP contribution in [-0.2, 0) is 24.7 Å². The van der Waals surface area contributed by atoms with E-state index in [1.165, 1.54) is 0 Å². The predicted molar refractivity (Wildman–Crippen MR) is 106 cm³/mol. The number of rotatable bonds is 2. The van der Waals surface area contributed by atoms with Crippen LogP contribution >= 0.6 is 0 Å². The normalized spacial score (nSPS) is 24.4. The van der Waals surface area contributed by atoms with Crippen LogP contribution in [-0.4, -0.2) is 83.5 Å². The Bertz CT molecular complexity index is 757. The largest absolute Gasteiger partial charge is 0.342 e. The van der Waals surface area contributed by atoms with E-state index in [1.807, 2.05) is 11.8 Å². The highest BCUT2D eigenvalue weighted by molar-refractivity contribution is 5.79. The van der Waals surface area contributed by atoms with E-state index < -0.39 is 0 Å². The summed E-state index contributed by atoms with van der Waals surface area (Å²) in [6.07, 6.45) is 3.24. The van der Waals surface area contributed by atoms with Gasteiger partial charge in [0.1, 0.15) is 5.82 Å². The lowest BCUT2D eigenvalue weighted by Crippen LogP contribution is -2.42. The number of likely N-dealkylation sites (tertiary alicyclic amines) is 1. The highest BCUT2D eigenvalue weighted by Gasteiger charge is 2.31. The van der Waals surface area contributed by atoms with Gasteiger partial charge in [0.25, 0.3) is 5.56 Å². The highest BCUT2D eigenvalue weighted by Crippen LogP contribution is 2.22. The van der Waals surface area contributed by atoms with E-state index in [1.54, 1.807) is 11.6 Å². The Labute approximate surface area is 162 Å². The highest BCUT2D eigenvalue weighted by atomic mass is 16.2. The molecule has 27 heavy (non-hydrogen) atoms. The van der Waals surface area contributed by atoms with Crippen molar-refractivity contribution >= 4 is 5.91 Å². The maximum absolute atomic E-state index is 13.2. The number of fused-ring (bicyclic) bond motifs is 1. The van der Waals surface area contributed by atoms with Crippen LogP contribution in [0.3, 0.4) is 0 Å². The van der Waals surface area contributed by atoms with Crippen LogP contribution in [0.15, 0.2) is 4.79 Å². The Morgan fingerprint density at radius 3 is 2.52 bits per heavy atom. The second-order valence-electron chi connectivity index (χ2n) is 8.39. The Balaban J connectivity index is 1.72. The SMILES string of the molecule is Cc1nc2c(c(=O)n1C)CCN(C(=O)[C@@H]1CC[C@H](N(C)C)CN(C)C1)CC2. The number of carbonyl (C=O) groups excluding carboxylic acids is 1. The van der Waals surface area contributed by atoms with Gasteiger partial charge in [-0.05, 0) is 47.3 Å². The van der Waals surface area contributed by atoms with Crippen molar-refractivity contribution in [3.8, 4) is 0 Å². The Kier molecular flexibility index (Phi) is 6.01. The summed E-state index contributed by atoms with van der Waals surface area (Å²) in [6, 6.07) is 0.497. The van der Waals surface area contributed by atoms with Gasteiger partial charge in [-0.25, -0.2) is 4.98 Å². The number of likely N-dealkylation sites (N-methyl/N-ethyl adjacent to an activating group) is 2. The van der Waals surface area contributed by atoms with E-state index in [9.17, 15) is 9.59 Å². The van der Waals surface area contributed by atoms with Crippen molar-refractivity contribution in [2.24, 2.45) is 13.0 Å². The summed E-state index contributed by atoms with van der Waals surface area (Å²) in [5.74, 6) is 1.01. The first kappa shape index (κ1) is 20.0. The molecule has 0 unspecified atom stereocenters. The molecule has 2 aliphatic rings. The molecular formula is C20H33N5O2. The minimum Gasteiger partial charge on any atom is -0.342 e. The molecule has 7 heteroatoms. The zero-order valence-corrected chi connectivity index (χ0v) is 17.4. The van der Waals surface area contributed by atoms with Crippen LogP contribution in [0.2, 0.25) is 0 Å². The summed E-state index contributed by atoms with van der Waals surface area (Å²) >= 11 is 0. The second-order valence-corrected chi connectivity index (χ2v) is 8.39. The summed E-state index contributed by atoms with van der Waals surface area (Å²) in [6.45, 7) is 4.94. The van der Waals surface area contributed by atoms with Gasteiger partial charge in [-0.2, -0.15) is 0 Å². The molecule has 0 aliphatic carbocycles. The van der Waals surface area contributed by atoms with Crippen molar-refractivity contribution in [2.45, 2.75) is 38.6 Å². The number of amides is 1. The van der Waals surface area contributed by atoms with Gasteiger partial charge in [-0.1, -0.05) is 0 Å². The maximum Gasteiger partial charge on any atom is 0.256 e. The van der Waals surface area contributed by atoms with Gasteiger partial charge in [0.15, 0.2) is 0 Å². The van der Waals surface area contributed by atoms with Gasteiger partial charge < -0.3 is 14.7 Å². The molecule has 0 bridgehead atoms. The van der Waals surface area contributed by atoms with Gasteiger partial charge in [-0.3, -0.25) is 14.2 Å². The van der Waals surface area contributed by atoms with Crippen LogP contribution in [0.25, 0.3) is 0 Å². The van der Waals surface area contributed by atoms with Gasteiger partial charge in [0, 0.05) is 51.3 Å². The first-order chi connectivity index (χ1) is 12.8. The molecule has 0 aromatic carbocycles. The minimum atomic E-state index is 0.0369. The van der Waals surface area contributed by atoms with Crippen molar-refractivity contribution in [1.82, 2.24) is 24.3 Å². The molecule has 1 aromatic rings. The lowest BCUT2D eigenvalue weighted by Gasteiger charge is -2.27. The van der Waals surface area contributed by atoms with E-state index in [0.29, 0.717) is 32.0 Å². The van der Waals surface area contributed by atoms with Crippen LogP contribution in [0.4, 0.5) is 0 Å². The van der Waals surface area contributed by atoms with Crippen LogP contribution < -0.4 is 5.56 Å². The van der Waals surface area contributed by atoms with E-state index in [4.69, 9.17) is 0 Å². The summed E-state index contributed by atoms with van der Waals surface area (Å²) in [4.78, 5) is 36.9. The molecule has 150 valence electrons. The van der Waals surface area contributed by atoms with Crippen molar-refractivity contribution in [3.63, 3.8) is 0 Å². The summed E-state index contributed by atoms with van der Waals surface area (Å²) in [5.41, 5.74) is 1.69. The van der Waals surface area contributed by atoms with Crippen LogP contribution in [0.5, 0.6) is 0 Å². The lowest BCUT2D eigenvalue weighted by molar-refractivity contribution is -0.136. The molecule has 2 aliphatic heterocycles. The standard InChI is InChI=1S/C20H33N5O2/c1-14-21-18-9-11-25(10-8-17(18)20(27)24(14)5)19(26)15-6-7-16(22(2)3)13-23(4)12-15/h15-16H,6-13H2,1-5H3/t15-,16+/m1/s1. The molecule has 2 atom stereocenters. The fraction of sp³-hybridized carbons (Fsp3) is 0.750. The fourth-order valence-electron chi connectivity index (χ4n) is 4.36. The average molecular weight is 376 g/mol. The number of nitrogens with zero attached hydrogens (tertiary/aromatic N) is 5. The third kappa shape index (κ3) is 4.24. The Hall–Kier alpha value is -1.73. The lowest BCUT2D eigenvalue weighted by atomic mass is 10.00. The molecule has 3 heterocycles. The van der Waals surface area contributed by atoms with E-state index in [-0.39, 0.29) is 17.4 Å². The first-order valence-corrected chi connectivity index (χ1v) is 9.97. The third-order valence-corrected chi connectivity index (χ3v) is 6.24. The fourth-order valence-corrected chi connectivity index (χ4v) is 4.36. The third-order valence-electron chi connectivity index (χ3n) is 6.24. The molecule has 1 saturated heterocycles. The second kappa shape index (κ2) is 8.10. The summed E-state index contributed by atoms with van der Waals surface area (Å²) < 4.78 is 1.61. The summed E-state index contributed by atoms with van der Waals surface area (Å²) in [5, 5.41) is 0. The number of hydrogen-bond acceptors (Lipinski definition) is 5. The van der Waals surface area contributed by atoms with Gasteiger partial charge in [0.2, 0.25) is 5.91 Å². The van der Waals surface area contributed by atoms with Crippen molar-refractivity contribution < 1.29 is 4.79 Å². The van der Waals surface area contributed by atoms with Crippen LogP contribution in [0, 0.1) is 12.8 Å². The number of aryl methyl sites for hydroxylation is 1. The molecule has 1 aromatic heterocycles. The van der Waals surface area contributed by atoms with Crippen molar-refractivity contribution in [3.05, 3.63) is 27.4 Å². The molecule has 1 amide bonds. The zero-order chi connectivity index (χ0) is 19.7. The van der Waals surface area contributed by atoms with Gasteiger partial charge in [0.05, 0.1) is 11.6 Å². The smallest absolute Gasteiger partial charge is 0.256 e. The number of hydrogen-bond donors (Lipinski definition) is 0. The molecule has 1 fully saturated rings. The average Bonchev–Trinajstić information content (AvgIpc) is 2.95. The summed E-state index contributed by atoms with van der Waals surface area (Å²) in [7, 11) is 8.10. The Morgan fingerprint density at radius 2 is 1.81 bits per heavy atom. The van der Waals surface area contributed by atoms with Gasteiger partial charge in [-0.15, -0.1) is 0 Å². The van der Waals surface area contributed by atoms with Crippen LogP contribution in [0.1, 0.15) is 29.9 Å². The van der Waals surface area contributed by atoms with Gasteiger partial charge >= 0.3 is 0 Å². The van der Waals surface area contributed by atoms with E-state index >= 15 is 0 Å². The molecule has 0 radical (unpaired) electrons. The molecule has 3 rings (SSSR count). The first-order valence-electron chi connectivity index (χ1n) is 9.97. The molecule has 0 N–H and O–H groups in total. The maximum atomic E-state index is 13.2. The number of carbonyl (C=O) groups is 1. The molecule has 0 spiro atoms. The number of aromatic nitrogens is 2.